The van der Waals surface area contributed by atoms with Crippen LogP contribution in [0, 0.1) is 0 Å². The van der Waals surface area contributed by atoms with Crippen LogP contribution in [0.5, 0.6) is 5.75 Å². The molecule has 3 fully saturated rings. The molecule has 160 valence electrons. The van der Waals surface area contributed by atoms with Crippen molar-refractivity contribution in [1.29, 1.82) is 0 Å². The molecule has 0 spiro atoms. The van der Waals surface area contributed by atoms with E-state index >= 15 is 0 Å². The van der Waals surface area contributed by atoms with Crippen LogP contribution in [0.25, 0.3) is 0 Å². The van der Waals surface area contributed by atoms with Crippen molar-refractivity contribution in [3.8, 4) is 5.75 Å². The van der Waals surface area contributed by atoms with Gasteiger partial charge in [0, 0.05) is 13.5 Å². The summed E-state index contributed by atoms with van der Waals surface area (Å²) < 4.78 is 18.1. The van der Waals surface area contributed by atoms with Crippen LogP contribution >= 0.6 is 23.5 Å². The number of thioether (sulfide) groups is 2. The summed E-state index contributed by atoms with van der Waals surface area (Å²) in [5, 5.41) is 0.238. The molecule has 5 unspecified atom stereocenters. The number of benzene rings is 2. The highest BCUT2D eigenvalue weighted by Gasteiger charge is 2.65. The number of methoxy groups -OCH3 is 2. The Morgan fingerprint density at radius 2 is 1.77 bits per heavy atom. The molecule has 3 aliphatic heterocycles. The first-order chi connectivity index (χ1) is 14.6. The van der Waals surface area contributed by atoms with Gasteiger partial charge < -0.3 is 14.2 Å². The number of hydrogen-bond donors (Lipinski definition) is 0. The van der Waals surface area contributed by atoms with E-state index in [0.717, 1.165) is 12.2 Å². The van der Waals surface area contributed by atoms with Gasteiger partial charge in [-0.05, 0) is 37.4 Å². The first-order valence-electron chi connectivity index (χ1n) is 10.2. The fourth-order valence-electron chi connectivity index (χ4n) is 4.76. The maximum absolute atomic E-state index is 6.21. The molecule has 6 atom stereocenters. The maximum Gasteiger partial charge on any atom is 0.141 e. The van der Waals surface area contributed by atoms with E-state index in [1.54, 1.807) is 7.11 Å². The minimum atomic E-state index is -0.285. The van der Waals surface area contributed by atoms with Crippen molar-refractivity contribution >= 4 is 23.5 Å². The summed E-state index contributed by atoms with van der Waals surface area (Å²) in [6, 6.07) is 19.2. The number of hydrogen-bond acceptors (Lipinski definition) is 7. The van der Waals surface area contributed by atoms with Crippen LogP contribution in [0.4, 0.5) is 0 Å². The van der Waals surface area contributed by atoms with Crippen molar-refractivity contribution < 1.29 is 14.2 Å². The van der Waals surface area contributed by atoms with Gasteiger partial charge in [-0.25, -0.2) is 0 Å². The molecule has 5 rings (SSSR count). The summed E-state index contributed by atoms with van der Waals surface area (Å²) >= 11 is 3.97. The van der Waals surface area contributed by atoms with Crippen molar-refractivity contribution in [2.24, 2.45) is 0 Å². The van der Waals surface area contributed by atoms with Crippen LogP contribution in [-0.2, 0) is 15.9 Å². The number of nitrogens with zero attached hydrogens (tertiary/aromatic N) is 2. The lowest BCUT2D eigenvalue weighted by atomic mass is 10.0. The largest absolute Gasteiger partial charge is 0.497 e. The molecule has 0 aromatic heterocycles. The lowest BCUT2D eigenvalue weighted by molar-refractivity contribution is -0.0945. The van der Waals surface area contributed by atoms with Crippen LogP contribution in [-0.4, -0.2) is 66.9 Å². The highest BCUT2D eigenvalue weighted by Crippen LogP contribution is 2.61. The molecular formula is C23H28N2O3S2. The first-order valence-corrected chi connectivity index (χ1v) is 12.0. The van der Waals surface area contributed by atoms with E-state index in [-0.39, 0.29) is 33.4 Å². The minimum absolute atomic E-state index is 0.0511. The second kappa shape index (κ2) is 8.04. The van der Waals surface area contributed by atoms with Crippen molar-refractivity contribution in [3.05, 3.63) is 65.7 Å². The van der Waals surface area contributed by atoms with Crippen LogP contribution in [0.15, 0.2) is 54.6 Å². The number of epoxide rings is 1. The quantitative estimate of drug-likeness (QED) is 0.645. The molecule has 0 saturated carbocycles. The fraction of sp³-hybridized carbons (Fsp3) is 0.478. The van der Waals surface area contributed by atoms with Gasteiger partial charge in [-0.3, -0.25) is 9.80 Å². The first kappa shape index (κ1) is 20.7. The standard InChI is InChI=1S/C23H28N2O3S2/c1-24-20-18-19(28-18)25(2)23(22(24)27-4,14-15-8-6-5-7-9-15)30-21(29-20)16-10-12-17(26-3)13-11-16/h5-13,18-22H,14H2,1-4H3/t18?,19?,20?,21?,22?,23-/m0/s1. The maximum atomic E-state index is 6.21. The van der Waals surface area contributed by atoms with Crippen LogP contribution < -0.4 is 4.74 Å². The highest BCUT2D eigenvalue weighted by molar-refractivity contribution is 8.17. The minimum Gasteiger partial charge on any atom is -0.497 e. The molecule has 7 heteroatoms. The molecule has 3 aliphatic rings. The van der Waals surface area contributed by atoms with Gasteiger partial charge in [0.05, 0.1) is 17.1 Å². The lowest BCUT2D eigenvalue weighted by Gasteiger charge is -2.47. The molecule has 0 amide bonds. The van der Waals surface area contributed by atoms with E-state index in [1.165, 1.54) is 11.1 Å². The lowest BCUT2D eigenvalue weighted by Crippen LogP contribution is -2.60. The highest BCUT2D eigenvalue weighted by atomic mass is 32.2. The Kier molecular flexibility index (Phi) is 5.54. The van der Waals surface area contributed by atoms with E-state index in [2.05, 4.69) is 78.5 Å². The van der Waals surface area contributed by atoms with Crippen molar-refractivity contribution in [1.82, 2.24) is 9.80 Å². The van der Waals surface area contributed by atoms with Gasteiger partial charge in [0.1, 0.15) is 29.2 Å². The summed E-state index contributed by atoms with van der Waals surface area (Å²) in [5.41, 5.74) is 2.61. The van der Waals surface area contributed by atoms with Gasteiger partial charge in [0.2, 0.25) is 0 Å². The molecular weight excluding hydrogens is 416 g/mol. The Bertz CT molecular complexity index is 884. The van der Waals surface area contributed by atoms with Gasteiger partial charge in [-0.15, -0.1) is 23.5 Å². The molecule has 2 aromatic rings. The van der Waals surface area contributed by atoms with Crippen LogP contribution in [0.2, 0.25) is 0 Å². The molecule has 5 nitrogen and oxygen atoms in total. The number of fused-ring (bicyclic) bond motifs is 5. The predicted octanol–water partition coefficient (Wildman–Crippen LogP) is 4.01. The smallest absolute Gasteiger partial charge is 0.141 e. The summed E-state index contributed by atoms with van der Waals surface area (Å²) in [7, 11) is 7.92. The SMILES string of the molecule is COc1ccc(C2SC3C4OC4N(C)[C@@](Cc4ccccc4)(S2)C(OC)N3C)cc1. The average Bonchev–Trinajstić information content (AvgIpc) is 3.57. The summed E-state index contributed by atoms with van der Waals surface area (Å²) in [4.78, 5) is 4.53. The Balaban J connectivity index is 1.59. The van der Waals surface area contributed by atoms with Crippen molar-refractivity contribution in [2.75, 3.05) is 28.3 Å². The topological polar surface area (TPSA) is 37.5 Å². The summed E-state index contributed by atoms with van der Waals surface area (Å²) in [6.07, 6.45) is 1.16. The van der Waals surface area contributed by atoms with Crippen molar-refractivity contribution in [3.63, 3.8) is 0 Å². The number of likely N-dealkylation sites (N-methyl/N-ethyl adjacent to an activating group) is 2. The molecule has 0 N–H and O–H groups in total. The van der Waals surface area contributed by atoms with Gasteiger partial charge in [-0.1, -0.05) is 42.5 Å². The van der Waals surface area contributed by atoms with Crippen LogP contribution in [0.1, 0.15) is 15.7 Å². The zero-order valence-electron chi connectivity index (χ0n) is 17.7. The summed E-state index contributed by atoms with van der Waals surface area (Å²) in [6.45, 7) is 0. The molecule has 0 radical (unpaired) electrons. The molecule has 3 saturated heterocycles. The normalized spacial score (nSPS) is 36.1. The van der Waals surface area contributed by atoms with Crippen LogP contribution in [0.3, 0.4) is 0 Å². The number of rotatable bonds is 5. The Morgan fingerprint density at radius 1 is 1.03 bits per heavy atom. The molecule has 0 aliphatic carbocycles. The second-order valence-electron chi connectivity index (χ2n) is 8.11. The zero-order chi connectivity index (χ0) is 20.9. The van der Waals surface area contributed by atoms with E-state index in [0.29, 0.717) is 0 Å². The third-order valence-electron chi connectivity index (χ3n) is 6.40. The molecule has 2 aromatic carbocycles. The van der Waals surface area contributed by atoms with Gasteiger partial charge >= 0.3 is 0 Å². The number of ether oxygens (including phenoxy) is 3. The predicted molar refractivity (Wildman–Crippen MR) is 123 cm³/mol. The zero-order valence-corrected chi connectivity index (χ0v) is 19.4. The fourth-order valence-corrected chi connectivity index (χ4v) is 8.61. The van der Waals surface area contributed by atoms with Gasteiger partial charge in [0.25, 0.3) is 0 Å². The van der Waals surface area contributed by atoms with Gasteiger partial charge in [0.15, 0.2) is 0 Å². The Morgan fingerprint density at radius 3 is 2.43 bits per heavy atom. The average molecular weight is 445 g/mol. The summed E-state index contributed by atoms with van der Waals surface area (Å²) in [5.74, 6) is 0.885. The van der Waals surface area contributed by atoms with E-state index in [9.17, 15) is 0 Å². The molecule has 2 bridgehead atoms. The third-order valence-corrected chi connectivity index (χ3v) is 9.95. The Hall–Kier alpha value is -1.22. The van der Waals surface area contributed by atoms with Crippen molar-refractivity contribution in [2.45, 2.75) is 39.8 Å². The molecule has 30 heavy (non-hydrogen) atoms. The van der Waals surface area contributed by atoms with E-state index in [4.69, 9.17) is 14.2 Å². The van der Waals surface area contributed by atoms with Gasteiger partial charge in [-0.2, -0.15) is 0 Å². The monoisotopic (exact) mass is 444 g/mol. The Labute approximate surface area is 187 Å². The second-order valence-corrected chi connectivity index (χ2v) is 11.1. The van der Waals surface area contributed by atoms with E-state index < -0.39 is 0 Å². The third kappa shape index (κ3) is 3.36. The molecule has 3 heterocycles. The van der Waals surface area contributed by atoms with E-state index in [1.807, 2.05) is 30.6 Å².